The minimum atomic E-state index is -2.65. The number of fused-ring (bicyclic) bond motifs is 1. The quantitative estimate of drug-likeness (QED) is 0.707. The fourth-order valence-electron chi connectivity index (χ4n) is 5.57. The number of hydrogen-bond donors (Lipinski definition) is 1. The van der Waals surface area contributed by atoms with Gasteiger partial charge in [-0.2, -0.15) is 0 Å². The molecule has 31 heavy (non-hydrogen) atoms. The Hall–Kier alpha value is -2.83. The van der Waals surface area contributed by atoms with Crippen LogP contribution in [-0.2, 0) is 4.74 Å². The Labute approximate surface area is 178 Å². The van der Waals surface area contributed by atoms with Gasteiger partial charge in [-0.15, -0.1) is 0 Å². The Morgan fingerprint density at radius 3 is 2.71 bits per heavy atom. The van der Waals surface area contributed by atoms with Crippen molar-refractivity contribution in [3.8, 4) is 11.1 Å². The maximum absolute atomic E-state index is 14.0. The Morgan fingerprint density at radius 1 is 1.16 bits per heavy atom. The summed E-state index contributed by atoms with van der Waals surface area (Å²) in [6, 6.07) is 10.1. The predicted molar refractivity (Wildman–Crippen MR) is 110 cm³/mol. The van der Waals surface area contributed by atoms with E-state index in [0.29, 0.717) is 36.2 Å². The van der Waals surface area contributed by atoms with Gasteiger partial charge in [-0.3, -0.25) is 4.98 Å². The van der Waals surface area contributed by atoms with Crippen molar-refractivity contribution in [2.24, 2.45) is 17.8 Å². The van der Waals surface area contributed by atoms with Crippen molar-refractivity contribution in [2.45, 2.75) is 37.2 Å². The Bertz CT molecular complexity index is 1020. The molecule has 5 rings (SSSR count). The van der Waals surface area contributed by atoms with Crippen molar-refractivity contribution in [2.75, 3.05) is 6.54 Å². The fourth-order valence-corrected chi connectivity index (χ4v) is 5.57. The average molecular weight is 428 g/mol. The maximum Gasteiger partial charge on any atom is 0.407 e. The normalized spacial score (nSPS) is 31.6. The molecule has 4 nitrogen and oxygen atoms in total. The van der Waals surface area contributed by atoms with E-state index in [4.69, 9.17) is 4.74 Å². The van der Waals surface area contributed by atoms with E-state index < -0.39 is 17.6 Å². The Morgan fingerprint density at radius 2 is 2.00 bits per heavy atom. The summed E-state index contributed by atoms with van der Waals surface area (Å²) in [5.74, 6) is -3.25. The first-order valence-electron chi connectivity index (χ1n) is 10.6. The van der Waals surface area contributed by atoms with E-state index in [1.165, 1.54) is 6.07 Å². The minimum Gasteiger partial charge on any atom is -0.440 e. The highest BCUT2D eigenvalue weighted by Crippen LogP contribution is 2.56. The molecule has 1 amide bonds. The van der Waals surface area contributed by atoms with E-state index in [0.717, 1.165) is 0 Å². The number of nitrogens with one attached hydrogen (secondary N) is 1. The molecule has 2 aromatic rings. The van der Waals surface area contributed by atoms with Gasteiger partial charge in [0.2, 0.25) is 5.92 Å². The SMILES string of the molecule is O=C1NCC2(C[C@@H]3CC(F)(F)CC[C@H]3[C@@H]2/C=C/c2ccc(-c3ccccc3F)cn2)O1. The van der Waals surface area contributed by atoms with Gasteiger partial charge in [-0.1, -0.05) is 30.3 Å². The maximum atomic E-state index is 14.0. The summed E-state index contributed by atoms with van der Waals surface area (Å²) in [5.41, 5.74) is 1.06. The minimum absolute atomic E-state index is 0.0428. The molecule has 1 saturated heterocycles. The second-order valence-corrected chi connectivity index (χ2v) is 8.87. The first-order chi connectivity index (χ1) is 14.9. The van der Waals surface area contributed by atoms with E-state index in [1.54, 1.807) is 36.5 Å². The van der Waals surface area contributed by atoms with Crippen molar-refractivity contribution in [3.05, 3.63) is 60.2 Å². The lowest BCUT2D eigenvalue weighted by molar-refractivity contribution is -0.0659. The van der Waals surface area contributed by atoms with Crippen LogP contribution in [0.4, 0.5) is 18.0 Å². The van der Waals surface area contributed by atoms with Crippen molar-refractivity contribution < 1.29 is 22.7 Å². The van der Waals surface area contributed by atoms with Crippen LogP contribution >= 0.6 is 0 Å². The van der Waals surface area contributed by atoms with E-state index in [2.05, 4.69) is 10.3 Å². The number of nitrogens with zero attached hydrogens (tertiary/aromatic N) is 1. The Kier molecular flexibility index (Phi) is 4.79. The van der Waals surface area contributed by atoms with Crippen molar-refractivity contribution in [3.63, 3.8) is 0 Å². The zero-order chi connectivity index (χ0) is 21.6. The second-order valence-electron chi connectivity index (χ2n) is 8.87. The highest BCUT2D eigenvalue weighted by molar-refractivity contribution is 5.70. The lowest BCUT2D eigenvalue weighted by Gasteiger charge is -2.34. The summed E-state index contributed by atoms with van der Waals surface area (Å²) in [7, 11) is 0. The summed E-state index contributed by atoms with van der Waals surface area (Å²) >= 11 is 0. The van der Waals surface area contributed by atoms with Crippen LogP contribution in [0.5, 0.6) is 0 Å². The molecular formula is C24H23F3N2O2. The highest BCUT2D eigenvalue weighted by atomic mass is 19.3. The van der Waals surface area contributed by atoms with Crippen LogP contribution in [0.1, 0.15) is 31.4 Å². The number of rotatable bonds is 3. The zero-order valence-corrected chi connectivity index (χ0v) is 16.9. The molecule has 1 aliphatic heterocycles. The molecule has 1 aromatic carbocycles. The fraction of sp³-hybridized carbons (Fsp3) is 0.417. The molecule has 1 spiro atoms. The molecule has 0 bridgehead atoms. The number of pyridine rings is 1. The molecular weight excluding hydrogens is 405 g/mol. The van der Waals surface area contributed by atoms with Crippen molar-refractivity contribution in [1.29, 1.82) is 0 Å². The molecule has 7 heteroatoms. The lowest BCUT2D eigenvalue weighted by Crippen LogP contribution is -2.38. The van der Waals surface area contributed by atoms with Gasteiger partial charge in [0, 0.05) is 36.1 Å². The van der Waals surface area contributed by atoms with Gasteiger partial charge in [0.25, 0.3) is 0 Å². The molecule has 4 atom stereocenters. The van der Waals surface area contributed by atoms with Crippen LogP contribution in [-0.4, -0.2) is 29.1 Å². The zero-order valence-electron chi connectivity index (χ0n) is 16.9. The molecule has 162 valence electrons. The number of benzene rings is 1. The third-order valence-electron chi connectivity index (χ3n) is 6.96. The number of alkyl carbamates (subject to hydrolysis) is 1. The predicted octanol–water partition coefficient (Wildman–Crippen LogP) is 5.45. The standard InChI is InChI=1S/C24H23F3N2O2/c25-21-4-2-1-3-19(21)15-5-6-17(28-13-15)7-8-20-18-9-10-24(26,27)12-16(18)11-23(20)14-29-22(30)31-23/h1-8,13,16,18,20H,9-12,14H2,(H,29,30)/b8-7+/t16-,18-,20+,23?/m1/s1. The summed E-state index contributed by atoms with van der Waals surface area (Å²) in [6.45, 7) is 0.332. The van der Waals surface area contributed by atoms with Crippen LogP contribution in [0, 0.1) is 23.6 Å². The van der Waals surface area contributed by atoms with Gasteiger partial charge in [0.1, 0.15) is 11.4 Å². The first-order valence-corrected chi connectivity index (χ1v) is 10.6. The average Bonchev–Trinajstić information content (AvgIpc) is 3.24. The van der Waals surface area contributed by atoms with Gasteiger partial charge in [-0.05, 0) is 42.9 Å². The van der Waals surface area contributed by atoms with Crippen molar-refractivity contribution >= 4 is 12.2 Å². The first kappa shape index (κ1) is 20.1. The van der Waals surface area contributed by atoms with Crippen LogP contribution in [0.15, 0.2) is 48.7 Å². The molecule has 2 aliphatic carbocycles. The number of alkyl halides is 2. The van der Waals surface area contributed by atoms with Gasteiger partial charge >= 0.3 is 6.09 Å². The molecule has 2 heterocycles. The summed E-state index contributed by atoms with van der Waals surface area (Å²) < 4.78 is 47.7. The number of ether oxygens (including phenoxy) is 1. The number of aromatic nitrogens is 1. The number of amides is 1. The monoisotopic (exact) mass is 428 g/mol. The molecule has 3 fully saturated rings. The largest absolute Gasteiger partial charge is 0.440 e. The number of carbonyl (C=O) groups excluding carboxylic acids is 1. The molecule has 1 aromatic heterocycles. The molecule has 3 aliphatic rings. The van der Waals surface area contributed by atoms with E-state index in [1.807, 2.05) is 12.2 Å². The lowest BCUT2D eigenvalue weighted by atomic mass is 9.75. The highest BCUT2D eigenvalue weighted by Gasteiger charge is 2.60. The van der Waals surface area contributed by atoms with E-state index in [9.17, 15) is 18.0 Å². The van der Waals surface area contributed by atoms with Crippen molar-refractivity contribution in [1.82, 2.24) is 10.3 Å². The second kappa shape index (κ2) is 7.39. The van der Waals surface area contributed by atoms with Gasteiger partial charge in [0.15, 0.2) is 0 Å². The number of halogens is 3. The summed E-state index contributed by atoms with van der Waals surface area (Å²) in [4.78, 5) is 16.2. The van der Waals surface area contributed by atoms with Crippen LogP contribution in [0.2, 0.25) is 0 Å². The van der Waals surface area contributed by atoms with Crippen LogP contribution < -0.4 is 5.32 Å². The molecule has 2 saturated carbocycles. The van der Waals surface area contributed by atoms with E-state index >= 15 is 0 Å². The van der Waals surface area contributed by atoms with Crippen LogP contribution in [0.25, 0.3) is 17.2 Å². The smallest absolute Gasteiger partial charge is 0.407 e. The van der Waals surface area contributed by atoms with Gasteiger partial charge < -0.3 is 10.1 Å². The summed E-state index contributed by atoms with van der Waals surface area (Å²) in [6.07, 6.45) is 5.49. The molecule has 0 radical (unpaired) electrons. The topological polar surface area (TPSA) is 51.2 Å². The van der Waals surface area contributed by atoms with E-state index in [-0.39, 0.29) is 36.4 Å². The molecule has 1 N–H and O–H groups in total. The third kappa shape index (κ3) is 3.70. The Balaban J connectivity index is 1.39. The summed E-state index contributed by atoms with van der Waals surface area (Å²) in [5, 5.41) is 2.71. The molecule has 1 unspecified atom stereocenters. The van der Waals surface area contributed by atoms with Gasteiger partial charge in [-0.25, -0.2) is 18.0 Å². The third-order valence-corrected chi connectivity index (χ3v) is 6.96. The number of carbonyl (C=O) groups is 1. The van der Waals surface area contributed by atoms with Crippen LogP contribution in [0.3, 0.4) is 0 Å². The van der Waals surface area contributed by atoms with Gasteiger partial charge in [0.05, 0.1) is 12.2 Å². The number of hydrogen-bond acceptors (Lipinski definition) is 3.